The van der Waals surface area contributed by atoms with Gasteiger partial charge >= 0.3 is 0 Å². The number of hydrogen-bond donors (Lipinski definition) is 1. The Morgan fingerprint density at radius 1 is 1.43 bits per heavy atom. The molecule has 1 atom stereocenters. The predicted molar refractivity (Wildman–Crippen MR) is 87.2 cm³/mol. The van der Waals surface area contributed by atoms with Crippen LogP contribution in [0.5, 0.6) is 5.75 Å². The Bertz CT molecular complexity index is 790. The van der Waals surface area contributed by atoms with E-state index in [0.29, 0.717) is 29.9 Å². The maximum Gasteiger partial charge on any atom is 0.205 e. The van der Waals surface area contributed by atoms with Crippen molar-refractivity contribution in [1.82, 2.24) is 0 Å². The molecule has 0 spiro atoms. The zero-order chi connectivity index (χ0) is 16.6. The first-order valence-electron chi connectivity index (χ1n) is 7.24. The molecule has 0 amide bonds. The third kappa shape index (κ3) is 2.62. The van der Waals surface area contributed by atoms with Crippen LogP contribution >= 0.6 is 15.9 Å². The van der Waals surface area contributed by atoms with Crippen LogP contribution in [0.4, 0.5) is 0 Å². The molecule has 0 fully saturated rings. The Labute approximate surface area is 142 Å². The van der Waals surface area contributed by atoms with Crippen LogP contribution in [-0.2, 0) is 9.53 Å². The van der Waals surface area contributed by atoms with E-state index in [2.05, 4.69) is 22.0 Å². The van der Waals surface area contributed by atoms with Crippen molar-refractivity contribution in [2.75, 3.05) is 7.11 Å². The van der Waals surface area contributed by atoms with E-state index in [-0.39, 0.29) is 17.2 Å². The number of hydrogen-bond acceptors (Lipinski definition) is 5. The fourth-order valence-electron chi connectivity index (χ4n) is 3.10. The molecule has 2 N–H and O–H groups in total. The Morgan fingerprint density at radius 2 is 2.22 bits per heavy atom. The van der Waals surface area contributed by atoms with Crippen molar-refractivity contribution in [3.63, 3.8) is 0 Å². The fourth-order valence-corrected chi connectivity index (χ4v) is 3.48. The van der Waals surface area contributed by atoms with Gasteiger partial charge < -0.3 is 15.2 Å². The highest BCUT2D eigenvalue weighted by Gasteiger charge is 2.39. The smallest absolute Gasteiger partial charge is 0.205 e. The number of methoxy groups -OCH3 is 1. The van der Waals surface area contributed by atoms with E-state index in [9.17, 15) is 10.1 Å². The van der Waals surface area contributed by atoms with E-state index in [4.69, 9.17) is 15.2 Å². The molecule has 0 unspecified atom stereocenters. The number of carbonyl (C=O) groups is 1. The van der Waals surface area contributed by atoms with Gasteiger partial charge in [-0.25, -0.2) is 0 Å². The minimum absolute atomic E-state index is 0.00136. The monoisotopic (exact) mass is 374 g/mol. The number of nitriles is 1. The summed E-state index contributed by atoms with van der Waals surface area (Å²) in [5.74, 6) is 0.686. The van der Waals surface area contributed by atoms with Gasteiger partial charge in [0.15, 0.2) is 5.78 Å². The van der Waals surface area contributed by atoms with Gasteiger partial charge in [-0.15, -0.1) is 0 Å². The number of carbonyl (C=O) groups excluding carboxylic acids is 1. The second-order valence-electron chi connectivity index (χ2n) is 5.42. The molecule has 2 aliphatic rings. The molecule has 0 bridgehead atoms. The van der Waals surface area contributed by atoms with E-state index >= 15 is 0 Å². The van der Waals surface area contributed by atoms with Crippen molar-refractivity contribution in [3.05, 3.63) is 51.0 Å². The average Bonchev–Trinajstić information content (AvgIpc) is 2.53. The number of nitrogens with two attached hydrogens (primary N) is 1. The van der Waals surface area contributed by atoms with Crippen molar-refractivity contribution in [1.29, 1.82) is 5.26 Å². The van der Waals surface area contributed by atoms with Crippen LogP contribution in [0.3, 0.4) is 0 Å². The van der Waals surface area contributed by atoms with Gasteiger partial charge in [0, 0.05) is 28.5 Å². The van der Waals surface area contributed by atoms with Gasteiger partial charge in [-0.3, -0.25) is 4.79 Å². The van der Waals surface area contributed by atoms with E-state index in [0.717, 1.165) is 16.5 Å². The SMILES string of the molecule is COc1ccc(Br)cc1[C@H]1C(C#N)=C(N)OC2=C1C(=O)CCC2. The summed E-state index contributed by atoms with van der Waals surface area (Å²) in [5.41, 5.74) is 7.44. The van der Waals surface area contributed by atoms with Gasteiger partial charge in [0.2, 0.25) is 5.88 Å². The molecule has 1 aliphatic carbocycles. The lowest BCUT2D eigenvalue weighted by Gasteiger charge is -2.31. The van der Waals surface area contributed by atoms with E-state index in [1.165, 1.54) is 0 Å². The lowest BCUT2D eigenvalue weighted by molar-refractivity contribution is -0.116. The molecule has 0 radical (unpaired) electrons. The number of benzene rings is 1. The lowest BCUT2D eigenvalue weighted by atomic mass is 9.77. The Balaban J connectivity index is 2.26. The highest BCUT2D eigenvalue weighted by molar-refractivity contribution is 9.10. The largest absolute Gasteiger partial charge is 0.496 e. The van der Waals surface area contributed by atoms with Crippen LogP contribution in [0.2, 0.25) is 0 Å². The first kappa shape index (κ1) is 15.6. The molecule has 0 saturated carbocycles. The maximum absolute atomic E-state index is 12.5. The molecule has 0 aromatic heterocycles. The van der Waals surface area contributed by atoms with Gasteiger partial charge in [0.1, 0.15) is 23.2 Å². The molecular weight excluding hydrogens is 360 g/mol. The standard InChI is InChI=1S/C17H15BrN2O3/c1-22-13-6-5-9(18)7-10(13)15-11(8-19)17(20)23-14-4-2-3-12(21)16(14)15/h5-7,15H,2-4,20H2,1H3/t15-/m0/s1. The zero-order valence-electron chi connectivity index (χ0n) is 12.6. The highest BCUT2D eigenvalue weighted by atomic mass is 79.9. The predicted octanol–water partition coefficient (Wildman–Crippen LogP) is 3.27. The number of ketones is 1. The summed E-state index contributed by atoms with van der Waals surface area (Å²) >= 11 is 3.43. The van der Waals surface area contributed by atoms with E-state index in [1.54, 1.807) is 13.2 Å². The third-order valence-electron chi connectivity index (χ3n) is 4.11. The molecule has 0 saturated heterocycles. The quantitative estimate of drug-likeness (QED) is 0.858. The van der Waals surface area contributed by atoms with Crippen molar-refractivity contribution >= 4 is 21.7 Å². The Hall–Kier alpha value is -2.26. The van der Waals surface area contributed by atoms with E-state index < -0.39 is 5.92 Å². The summed E-state index contributed by atoms with van der Waals surface area (Å²) in [6, 6.07) is 7.60. The van der Waals surface area contributed by atoms with Crippen molar-refractivity contribution in [2.45, 2.75) is 25.2 Å². The number of Topliss-reactive ketones (excluding diaryl/α,β-unsaturated/α-hetero) is 1. The van der Waals surface area contributed by atoms with Gasteiger partial charge in [0.05, 0.1) is 13.0 Å². The van der Waals surface area contributed by atoms with Gasteiger partial charge in [0.25, 0.3) is 0 Å². The number of ether oxygens (including phenoxy) is 2. The minimum Gasteiger partial charge on any atom is -0.496 e. The second-order valence-corrected chi connectivity index (χ2v) is 6.34. The zero-order valence-corrected chi connectivity index (χ0v) is 14.1. The second kappa shape index (κ2) is 6.09. The van der Waals surface area contributed by atoms with E-state index in [1.807, 2.05) is 12.1 Å². The van der Waals surface area contributed by atoms with Gasteiger partial charge in [-0.1, -0.05) is 15.9 Å². The molecule has 1 aliphatic heterocycles. The summed E-state index contributed by atoms with van der Waals surface area (Å²) in [7, 11) is 1.56. The molecule has 23 heavy (non-hydrogen) atoms. The normalized spacial score (nSPS) is 20.7. The highest BCUT2D eigenvalue weighted by Crippen LogP contribution is 2.46. The molecule has 5 nitrogen and oxygen atoms in total. The number of allylic oxidation sites excluding steroid dienone is 3. The summed E-state index contributed by atoms with van der Waals surface area (Å²) in [6.07, 6.45) is 1.83. The molecule has 1 aromatic carbocycles. The first-order chi connectivity index (χ1) is 11.1. The number of halogens is 1. The van der Waals surface area contributed by atoms with Crippen LogP contribution in [0, 0.1) is 11.3 Å². The number of rotatable bonds is 2. The minimum atomic E-state index is -0.552. The maximum atomic E-state index is 12.5. The first-order valence-corrected chi connectivity index (χ1v) is 8.03. The summed E-state index contributed by atoms with van der Waals surface area (Å²) in [5, 5.41) is 9.55. The molecule has 1 heterocycles. The fraction of sp³-hybridized carbons (Fsp3) is 0.294. The summed E-state index contributed by atoms with van der Waals surface area (Å²) in [6.45, 7) is 0. The molecule has 6 heteroatoms. The van der Waals surface area contributed by atoms with Gasteiger partial charge in [-0.2, -0.15) is 5.26 Å². The van der Waals surface area contributed by atoms with Crippen LogP contribution in [-0.4, -0.2) is 12.9 Å². The number of nitrogens with zero attached hydrogens (tertiary/aromatic N) is 1. The Kier molecular flexibility index (Phi) is 4.14. The molecule has 118 valence electrons. The van der Waals surface area contributed by atoms with Gasteiger partial charge in [-0.05, 0) is 24.6 Å². The van der Waals surface area contributed by atoms with Crippen LogP contribution in [0.15, 0.2) is 45.5 Å². The Morgan fingerprint density at radius 3 is 2.91 bits per heavy atom. The molecule has 3 rings (SSSR count). The van der Waals surface area contributed by atoms with Crippen molar-refractivity contribution < 1.29 is 14.3 Å². The van der Waals surface area contributed by atoms with Crippen molar-refractivity contribution in [3.8, 4) is 11.8 Å². The topological polar surface area (TPSA) is 85.3 Å². The lowest BCUT2D eigenvalue weighted by Crippen LogP contribution is -2.27. The summed E-state index contributed by atoms with van der Waals surface area (Å²) in [4.78, 5) is 12.5. The summed E-state index contributed by atoms with van der Waals surface area (Å²) < 4.78 is 11.8. The van der Waals surface area contributed by atoms with Crippen LogP contribution < -0.4 is 10.5 Å². The van der Waals surface area contributed by atoms with Crippen molar-refractivity contribution in [2.24, 2.45) is 5.73 Å². The molecule has 1 aromatic rings. The average molecular weight is 375 g/mol. The third-order valence-corrected chi connectivity index (χ3v) is 4.60. The van der Waals surface area contributed by atoms with Crippen LogP contribution in [0.25, 0.3) is 0 Å². The molecular formula is C17H15BrN2O3. The van der Waals surface area contributed by atoms with Crippen LogP contribution in [0.1, 0.15) is 30.7 Å².